The van der Waals surface area contributed by atoms with Gasteiger partial charge in [-0.2, -0.15) is 5.10 Å². The van der Waals surface area contributed by atoms with E-state index in [4.69, 9.17) is 0 Å². The first-order valence-corrected chi connectivity index (χ1v) is 8.49. The Labute approximate surface area is 144 Å². The zero-order valence-corrected chi connectivity index (χ0v) is 13.7. The number of hydrogen-bond donors (Lipinski definition) is 3. The van der Waals surface area contributed by atoms with Crippen molar-refractivity contribution in [3.05, 3.63) is 36.7 Å². The molecule has 0 atom stereocenters. The van der Waals surface area contributed by atoms with Crippen LogP contribution in [0.15, 0.2) is 31.0 Å². The summed E-state index contributed by atoms with van der Waals surface area (Å²) >= 11 is 0. The van der Waals surface area contributed by atoms with Gasteiger partial charge in [-0.15, -0.1) is 0 Å². The summed E-state index contributed by atoms with van der Waals surface area (Å²) in [4.78, 5) is 21.3. The first-order valence-electron chi connectivity index (χ1n) is 8.49. The molecule has 3 heterocycles. The van der Waals surface area contributed by atoms with Gasteiger partial charge in [0.1, 0.15) is 12.1 Å². The van der Waals surface area contributed by atoms with Crippen molar-refractivity contribution in [2.24, 2.45) is 5.92 Å². The van der Waals surface area contributed by atoms with Crippen molar-refractivity contribution in [3.63, 3.8) is 0 Å². The second-order valence-corrected chi connectivity index (χ2v) is 6.51. The SMILES string of the molecule is O=C(N[C@H]1CC[C@H](CO)CC1)c1nc(-n2ccnc2)cc2cn[nH]c12. The Morgan fingerprint density at radius 3 is 2.92 bits per heavy atom. The molecule has 1 fully saturated rings. The molecule has 1 aliphatic carbocycles. The van der Waals surface area contributed by atoms with Gasteiger partial charge in [-0.1, -0.05) is 0 Å². The Morgan fingerprint density at radius 1 is 1.36 bits per heavy atom. The Kier molecular flexibility index (Phi) is 4.19. The second kappa shape index (κ2) is 6.64. The Hall–Kier alpha value is -2.74. The van der Waals surface area contributed by atoms with Gasteiger partial charge in [0.05, 0.1) is 11.7 Å². The standard InChI is InChI=1S/C17H20N6O2/c24-9-11-1-3-13(4-2-11)20-17(25)16-15-12(8-19-22-15)7-14(21-16)23-6-5-18-10-23/h5-8,10-11,13,24H,1-4,9H2,(H,19,22)(H,20,25)/t11-,13-. The number of hydrogen-bond acceptors (Lipinski definition) is 5. The molecule has 1 amide bonds. The predicted molar refractivity (Wildman–Crippen MR) is 91.3 cm³/mol. The number of aromatic nitrogens is 5. The lowest BCUT2D eigenvalue weighted by Gasteiger charge is -2.27. The van der Waals surface area contributed by atoms with Crippen LogP contribution in [0.5, 0.6) is 0 Å². The lowest BCUT2D eigenvalue weighted by molar-refractivity contribution is 0.0910. The molecule has 0 unspecified atom stereocenters. The summed E-state index contributed by atoms with van der Waals surface area (Å²) in [6, 6.07) is 1.98. The number of aliphatic hydroxyl groups is 1. The molecule has 3 aromatic rings. The first kappa shape index (κ1) is 15.8. The van der Waals surface area contributed by atoms with Crippen molar-refractivity contribution in [2.45, 2.75) is 31.7 Å². The molecular weight excluding hydrogens is 320 g/mol. The van der Waals surface area contributed by atoms with Crippen molar-refractivity contribution in [2.75, 3.05) is 6.61 Å². The largest absolute Gasteiger partial charge is 0.396 e. The van der Waals surface area contributed by atoms with Crippen LogP contribution in [0.3, 0.4) is 0 Å². The normalized spacial score (nSPS) is 20.7. The van der Waals surface area contributed by atoms with E-state index < -0.39 is 0 Å². The van der Waals surface area contributed by atoms with Crippen molar-refractivity contribution in [1.29, 1.82) is 0 Å². The number of rotatable bonds is 4. The number of nitrogens with one attached hydrogen (secondary N) is 2. The van der Waals surface area contributed by atoms with E-state index in [0.29, 0.717) is 22.9 Å². The topological polar surface area (TPSA) is 109 Å². The smallest absolute Gasteiger partial charge is 0.272 e. The molecule has 0 bridgehead atoms. The van der Waals surface area contributed by atoms with Crippen molar-refractivity contribution in [3.8, 4) is 5.82 Å². The van der Waals surface area contributed by atoms with E-state index in [1.807, 2.05) is 6.07 Å². The number of aliphatic hydroxyl groups excluding tert-OH is 1. The molecule has 0 aliphatic heterocycles. The summed E-state index contributed by atoms with van der Waals surface area (Å²) in [5.41, 5.74) is 0.966. The first-order chi connectivity index (χ1) is 12.2. The van der Waals surface area contributed by atoms with Gasteiger partial charge in [-0.25, -0.2) is 9.97 Å². The number of nitrogens with zero attached hydrogens (tertiary/aromatic N) is 4. The van der Waals surface area contributed by atoms with E-state index in [9.17, 15) is 9.90 Å². The summed E-state index contributed by atoms with van der Waals surface area (Å²) in [5.74, 6) is 0.777. The molecule has 1 aliphatic rings. The molecule has 0 radical (unpaired) electrons. The summed E-state index contributed by atoms with van der Waals surface area (Å²) in [6.45, 7) is 0.226. The Balaban J connectivity index is 1.59. The van der Waals surface area contributed by atoms with Crippen LogP contribution < -0.4 is 5.32 Å². The zero-order chi connectivity index (χ0) is 17.2. The van der Waals surface area contributed by atoms with Crippen molar-refractivity contribution >= 4 is 16.8 Å². The highest BCUT2D eigenvalue weighted by Crippen LogP contribution is 2.24. The summed E-state index contributed by atoms with van der Waals surface area (Å²) in [6.07, 6.45) is 10.4. The molecule has 25 heavy (non-hydrogen) atoms. The minimum atomic E-state index is -0.205. The van der Waals surface area contributed by atoms with Gasteiger partial charge in [0.2, 0.25) is 0 Å². The highest BCUT2D eigenvalue weighted by atomic mass is 16.3. The van der Waals surface area contributed by atoms with Crippen LogP contribution in [-0.4, -0.2) is 48.4 Å². The second-order valence-electron chi connectivity index (χ2n) is 6.51. The molecule has 8 heteroatoms. The van der Waals surface area contributed by atoms with E-state index in [-0.39, 0.29) is 18.6 Å². The number of amides is 1. The Morgan fingerprint density at radius 2 is 2.20 bits per heavy atom. The quantitative estimate of drug-likeness (QED) is 0.666. The molecule has 4 rings (SSSR count). The molecule has 3 aromatic heterocycles. The highest BCUT2D eigenvalue weighted by molar-refractivity contribution is 6.04. The lowest BCUT2D eigenvalue weighted by atomic mass is 9.86. The molecular formula is C17H20N6O2. The van der Waals surface area contributed by atoms with Crippen LogP contribution in [0.2, 0.25) is 0 Å². The van der Waals surface area contributed by atoms with Crippen LogP contribution in [0.1, 0.15) is 36.2 Å². The molecule has 130 valence electrons. The Bertz CT molecular complexity index is 865. The van der Waals surface area contributed by atoms with Gasteiger partial charge in [0.15, 0.2) is 5.69 Å². The van der Waals surface area contributed by atoms with Crippen LogP contribution in [-0.2, 0) is 0 Å². The van der Waals surface area contributed by atoms with Crippen LogP contribution in [0, 0.1) is 5.92 Å². The molecule has 3 N–H and O–H groups in total. The van der Waals surface area contributed by atoms with Gasteiger partial charge < -0.3 is 10.4 Å². The van der Waals surface area contributed by atoms with Gasteiger partial charge in [0, 0.05) is 30.4 Å². The monoisotopic (exact) mass is 340 g/mol. The van der Waals surface area contributed by atoms with Gasteiger partial charge >= 0.3 is 0 Å². The van der Waals surface area contributed by atoms with E-state index >= 15 is 0 Å². The summed E-state index contributed by atoms with van der Waals surface area (Å²) in [7, 11) is 0. The van der Waals surface area contributed by atoms with E-state index in [1.54, 1.807) is 29.5 Å². The van der Waals surface area contributed by atoms with Crippen LogP contribution in [0.4, 0.5) is 0 Å². The van der Waals surface area contributed by atoms with Crippen LogP contribution >= 0.6 is 0 Å². The average molecular weight is 340 g/mol. The fourth-order valence-corrected chi connectivity index (χ4v) is 3.37. The number of H-pyrrole nitrogens is 1. The third-order valence-electron chi connectivity index (χ3n) is 4.84. The highest BCUT2D eigenvalue weighted by Gasteiger charge is 2.24. The number of imidazole rings is 1. The maximum atomic E-state index is 12.8. The maximum Gasteiger partial charge on any atom is 0.272 e. The molecule has 1 saturated carbocycles. The number of carbonyl (C=O) groups excluding carboxylic acids is 1. The minimum absolute atomic E-state index is 0.118. The molecule has 8 nitrogen and oxygen atoms in total. The third-order valence-corrected chi connectivity index (χ3v) is 4.84. The van der Waals surface area contributed by atoms with Gasteiger partial charge in [0.25, 0.3) is 5.91 Å². The van der Waals surface area contributed by atoms with Gasteiger partial charge in [-0.05, 0) is 37.7 Å². The molecule has 0 aromatic carbocycles. The fourth-order valence-electron chi connectivity index (χ4n) is 3.37. The minimum Gasteiger partial charge on any atom is -0.396 e. The number of aromatic amines is 1. The van der Waals surface area contributed by atoms with E-state index in [1.165, 1.54) is 0 Å². The zero-order valence-electron chi connectivity index (χ0n) is 13.7. The summed E-state index contributed by atoms with van der Waals surface area (Å²) < 4.78 is 1.76. The van der Waals surface area contributed by atoms with Crippen molar-refractivity contribution < 1.29 is 9.90 Å². The molecule has 0 spiro atoms. The van der Waals surface area contributed by atoms with E-state index in [2.05, 4.69) is 25.5 Å². The number of carbonyl (C=O) groups is 1. The van der Waals surface area contributed by atoms with Gasteiger partial charge in [-0.3, -0.25) is 14.5 Å². The van der Waals surface area contributed by atoms with E-state index in [0.717, 1.165) is 31.1 Å². The number of pyridine rings is 1. The summed E-state index contributed by atoms with van der Waals surface area (Å²) in [5, 5.41) is 20.0. The third kappa shape index (κ3) is 3.12. The number of fused-ring (bicyclic) bond motifs is 1. The van der Waals surface area contributed by atoms with Crippen molar-refractivity contribution in [1.82, 2.24) is 30.0 Å². The van der Waals surface area contributed by atoms with Crippen LogP contribution in [0.25, 0.3) is 16.7 Å². The fraction of sp³-hybridized carbons (Fsp3) is 0.412. The maximum absolute atomic E-state index is 12.8. The average Bonchev–Trinajstić information content (AvgIpc) is 3.32. The lowest BCUT2D eigenvalue weighted by Crippen LogP contribution is -2.38. The molecule has 0 saturated heterocycles. The predicted octanol–water partition coefficient (Wildman–Crippen LogP) is 1.42.